The topological polar surface area (TPSA) is 288 Å². The maximum atomic E-state index is 12.5. The summed E-state index contributed by atoms with van der Waals surface area (Å²) in [5, 5.41) is 42.4. The van der Waals surface area contributed by atoms with Crippen molar-refractivity contribution in [3.05, 3.63) is 135 Å². The number of aromatic hydroxyl groups is 1. The van der Waals surface area contributed by atoms with Crippen molar-refractivity contribution >= 4 is 93.1 Å². The Labute approximate surface area is 336 Å². The molecule has 0 spiro atoms. The third kappa shape index (κ3) is 9.69. The molecular formula is C38H30N6O12S3. The summed E-state index contributed by atoms with van der Waals surface area (Å²) in [5.41, 5.74) is 1.35. The average molecular weight is 859 g/mol. The van der Waals surface area contributed by atoms with Crippen LogP contribution in [0, 0.1) is 24.0 Å². The summed E-state index contributed by atoms with van der Waals surface area (Å²) < 4.78 is 103. The quantitative estimate of drug-likeness (QED) is 0.0252. The van der Waals surface area contributed by atoms with E-state index in [2.05, 4.69) is 25.8 Å². The summed E-state index contributed by atoms with van der Waals surface area (Å²) >= 11 is 0. The Hall–Kier alpha value is -6.75. The molecule has 59 heavy (non-hydrogen) atoms. The molecule has 21 heteroatoms. The van der Waals surface area contributed by atoms with Gasteiger partial charge in [-0.3, -0.25) is 23.8 Å². The smallest absolute Gasteiger partial charge is 0.296 e. The van der Waals surface area contributed by atoms with Gasteiger partial charge >= 0.3 is 0 Å². The molecule has 302 valence electrons. The van der Waals surface area contributed by atoms with Gasteiger partial charge in [-0.1, -0.05) is 36.4 Å². The predicted octanol–water partition coefficient (Wildman–Crippen LogP) is 9.56. The fourth-order valence-corrected chi connectivity index (χ4v) is 7.82. The first-order chi connectivity index (χ1) is 27.7. The van der Waals surface area contributed by atoms with Crippen LogP contribution in [0.1, 0.15) is 22.3 Å². The molecule has 0 heterocycles. The maximum absolute atomic E-state index is 12.5. The highest BCUT2D eigenvalue weighted by Crippen LogP contribution is 2.43. The van der Waals surface area contributed by atoms with Crippen molar-refractivity contribution in [3.63, 3.8) is 0 Å². The number of phenolic OH excluding ortho intramolecular Hbond substituents is 1. The van der Waals surface area contributed by atoms with Gasteiger partial charge in [-0.25, -0.2) is 0 Å². The molecule has 0 bridgehead atoms. The number of aryl methyl sites for hydroxylation is 2. The van der Waals surface area contributed by atoms with Crippen LogP contribution >= 0.6 is 0 Å². The monoisotopic (exact) mass is 858 g/mol. The highest BCUT2D eigenvalue weighted by Gasteiger charge is 2.23. The highest BCUT2D eigenvalue weighted by molar-refractivity contribution is 7.86. The van der Waals surface area contributed by atoms with E-state index in [4.69, 9.17) is 0 Å². The van der Waals surface area contributed by atoms with Gasteiger partial charge < -0.3 is 10.4 Å². The number of phenols is 1. The van der Waals surface area contributed by atoms with Gasteiger partial charge in [-0.05, 0) is 108 Å². The molecule has 18 nitrogen and oxygen atoms in total. The summed E-state index contributed by atoms with van der Waals surface area (Å²) in [4.78, 5) is 8.12. The van der Waals surface area contributed by atoms with E-state index >= 15 is 0 Å². The second kappa shape index (κ2) is 16.2. The van der Waals surface area contributed by atoms with Gasteiger partial charge in [0.1, 0.15) is 20.4 Å². The fourth-order valence-electron chi connectivity index (χ4n) is 5.75. The lowest BCUT2D eigenvalue weighted by Gasteiger charge is -2.12. The first kappa shape index (κ1) is 41.9. The number of anilines is 2. The first-order valence-electron chi connectivity index (χ1n) is 16.8. The Morgan fingerprint density at radius 2 is 1.17 bits per heavy atom. The van der Waals surface area contributed by atoms with E-state index in [0.717, 1.165) is 36.0 Å². The minimum Gasteiger partial charge on any atom is -0.505 e. The van der Waals surface area contributed by atoms with Crippen LogP contribution < -0.4 is 5.32 Å². The van der Waals surface area contributed by atoms with E-state index in [1.807, 2.05) is 30.3 Å². The van der Waals surface area contributed by atoms with Crippen LogP contribution in [0.4, 0.5) is 39.8 Å². The van der Waals surface area contributed by atoms with E-state index < -0.39 is 67.1 Å². The van der Waals surface area contributed by atoms with Crippen molar-refractivity contribution in [3.8, 4) is 5.75 Å². The van der Waals surface area contributed by atoms with Crippen LogP contribution in [-0.2, 0) is 30.4 Å². The van der Waals surface area contributed by atoms with Gasteiger partial charge in [-0.2, -0.15) is 40.6 Å². The van der Waals surface area contributed by atoms with Crippen LogP contribution in [-0.4, -0.2) is 48.9 Å². The third-order valence-corrected chi connectivity index (χ3v) is 11.3. The van der Waals surface area contributed by atoms with Crippen LogP contribution in [0.2, 0.25) is 0 Å². The number of nitro benzene ring substituents is 1. The summed E-state index contributed by atoms with van der Waals surface area (Å²) in [6.07, 6.45) is 2.19. The molecule has 0 fully saturated rings. The molecule has 6 rings (SSSR count). The van der Waals surface area contributed by atoms with E-state index in [1.165, 1.54) is 24.3 Å². The lowest BCUT2D eigenvalue weighted by molar-refractivity contribution is -0.385. The second-order valence-corrected chi connectivity index (χ2v) is 17.0. The van der Waals surface area contributed by atoms with Gasteiger partial charge in [0.2, 0.25) is 0 Å². The van der Waals surface area contributed by atoms with Crippen molar-refractivity contribution in [2.75, 3.05) is 5.32 Å². The molecule has 0 aromatic heterocycles. The van der Waals surface area contributed by atoms with Gasteiger partial charge in [0.05, 0.1) is 22.0 Å². The molecule has 0 atom stereocenters. The number of para-hydroxylation sites is 1. The molecule has 0 aliphatic heterocycles. The maximum Gasteiger partial charge on any atom is 0.296 e. The number of hydrogen-bond acceptors (Lipinski definition) is 14. The zero-order chi connectivity index (χ0) is 42.9. The lowest BCUT2D eigenvalue weighted by Crippen LogP contribution is -2.02. The number of nitrogens with one attached hydrogen (secondary N) is 1. The molecule has 0 unspecified atom stereocenters. The van der Waals surface area contributed by atoms with Crippen LogP contribution in [0.15, 0.2) is 138 Å². The zero-order valence-corrected chi connectivity index (χ0v) is 32.9. The number of fused-ring (bicyclic) bond motifs is 1. The van der Waals surface area contributed by atoms with Gasteiger partial charge in [0.15, 0.2) is 5.75 Å². The molecule has 6 aromatic rings. The Bertz CT molecular complexity index is 3120. The van der Waals surface area contributed by atoms with Crippen molar-refractivity contribution in [2.45, 2.75) is 28.5 Å². The molecule has 0 saturated heterocycles. The van der Waals surface area contributed by atoms with Gasteiger partial charge in [0.25, 0.3) is 36.0 Å². The average Bonchev–Trinajstić information content (AvgIpc) is 3.16. The minimum absolute atomic E-state index is 0.0305. The number of azo groups is 2. The normalized spacial score (nSPS) is 12.6. The van der Waals surface area contributed by atoms with Crippen LogP contribution in [0.5, 0.6) is 5.75 Å². The summed E-state index contributed by atoms with van der Waals surface area (Å²) in [6, 6.07) is 24.5. The molecule has 5 N–H and O–H groups in total. The van der Waals surface area contributed by atoms with Crippen molar-refractivity contribution in [1.29, 1.82) is 0 Å². The zero-order valence-electron chi connectivity index (χ0n) is 30.5. The van der Waals surface area contributed by atoms with Crippen molar-refractivity contribution in [2.24, 2.45) is 20.5 Å². The van der Waals surface area contributed by atoms with Crippen molar-refractivity contribution in [1.82, 2.24) is 0 Å². The largest absolute Gasteiger partial charge is 0.505 e. The Kier molecular flexibility index (Phi) is 11.5. The van der Waals surface area contributed by atoms with E-state index in [9.17, 15) is 54.1 Å². The predicted molar refractivity (Wildman–Crippen MR) is 218 cm³/mol. The van der Waals surface area contributed by atoms with Crippen molar-refractivity contribution < 1.29 is 48.9 Å². The SMILES string of the molecule is Cc1cc(N=Nc2c(S(=O)(=O)O)cc3cc(Nc4ccccc4)ccc3c2O)c(C)cc1N=Nc1ccc(C=Cc2ccc([N+](=O)[O-])cc2S(=O)(=O)O)c(S(=O)(=O)O)c1. The number of non-ortho nitro benzene ring substituents is 1. The molecule has 0 amide bonds. The Morgan fingerprint density at radius 1 is 0.610 bits per heavy atom. The summed E-state index contributed by atoms with van der Waals surface area (Å²) in [5.74, 6) is -0.537. The summed E-state index contributed by atoms with van der Waals surface area (Å²) in [6.45, 7) is 3.27. The number of rotatable bonds is 12. The lowest BCUT2D eigenvalue weighted by atomic mass is 10.1. The standard InChI is InChI=1S/C38H30N6O12S3/c1-22-17-33(42-43-37-36(59(54,55)56)19-26-18-28(13-15-31(26)38(37)45)39-27-6-4-3-5-7-27)23(2)16-32(22)41-40-29-12-10-24(34(20-29)57(48,49)50)8-9-25-11-14-30(44(46)47)21-35(25)58(51,52)53/h3-21,39,45H,1-2H3,(H,48,49,50)(H,51,52,53)(H,54,55,56). The molecule has 0 radical (unpaired) electrons. The van der Waals surface area contributed by atoms with E-state index in [0.29, 0.717) is 34.0 Å². The molecule has 0 aliphatic carbocycles. The van der Waals surface area contributed by atoms with Gasteiger partial charge in [-0.15, -0.1) is 5.11 Å². The third-order valence-electron chi connectivity index (χ3n) is 8.64. The Balaban J connectivity index is 1.28. The fraction of sp³-hybridized carbons (Fsp3) is 0.0526. The number of benzene rings is 6. The Morgan fingerprint density at radius 3 is 1.75 bits per heavy atom. The summed E-state index contributed by atoms with van der Waals surface area (Å²) in [7, 11) is -14.7. The van der Waals surface area contributed by atoms with Gasteiger partial charge in [0, 0.05) is 28.9 Å². The van der Waals surface area contributed by atoms with E-state index in [-0.39, 0.29) is 27.9 Å². The molecular weight excluding hydrogens is 829 g/mol. The van der Waals surface area contributed by atoms with Crippen LogP contribution in [0.3, 0.4) is 0 Å². The molecule has 6 aromatic carbocycles. The van der Waals surface area contributed by atoms with E-state index in [1.54, 1.807) is 38.1 Å². The minimum atomic E-state index is -4.93. The number of hydrogen-bond donors (Lipinski definition) is 5. The first-order valence-corrected chi connectivity index (χ1v) is 21.1. The molecule has 0 aliphatic rings. The second-order valence-electron chi connectivity index (χ2n) is 12.8. The highest BCUT2D eigenvalue weighted by atomic mass is 32.2. The number of nitrogens with zero attached hydrogens (tertiary/aromatic N) is 5. The number of nitro groups is 1. The molecule has 0 saturated carbocycles. The van der Waals surface area contributed by atoms with Crippen LogP contribution in [0.25, 0.3) is 22.9 Å².